The van der Waals surface area contributed by atoms with E-state index in [0.29, 0.717) is 13.1 Å². The van der Waals surface area contributed by atoms with Gasteiger partial charge in [-0.05, 0) is 17.7 Å². The van der Waals surface area contributed by atoms with Crippen molar-refractivity contribution in [2.75, 3.05) is 13.2 Å². The number of nitrogens with zero attached hydrogens (tertiary/aromatic N) is 1. The van der Waals surface area contributed by atoms with Gasteiger partial charge in [0.2, 0.25) is 0 Å². The van der Waals surface area contributed by atoms with Crippen LogP contribution in [-0.2, 0) is 9.53 Å². The molecule has 3 nitrogen and oxygen atoms in total. The van der Waals surface area contributed by atoms with Crippen LogP contribution in [0.3, 0.4) is 0 Å². The predicted octanol–water partition coefficient (Wildman–Crippen LogP) is 1.76. The van der Waals surface area contributed by atoms with Gasteiger partial charge in [-0.15, -0.1) is 0 Å². The number of fused-ring (bicyclic) bond motifs is 1. The van der Waals surface area contributed by atoms with Gasteiger partial charge in [0.1, 0.15) is 0 Å². The number of carbonyl (C=O) groups is 1. The number of allylic oxidation sites excluding steroid dienone is 4. The van der Waals surface area contributed by atoms with Gasteiger partial charge in [-0.1, -0.05) is 18.2 Å². The van der Waals surface area contributed by atoms with Gasteiger partial charge >= 0.3 is 0 Å². The number of hydrogen-bond acceptors (Lipinski definition) is 3. The molecule has 0 fully saturated rings. The third-order valence-corrected chi connectivity index (χ3v) is 2.45. The Bertz CT molecular complexity index is 364. The highest BCUT2D eigenvalue weighted by molar-refractivity contribution is 5.41. The van der Waals surface area contributed by atoms with Crippen LogP contribution in [0.4, 0.5) is 0 Å². The molecule has 0 saturated heterocycles. The van der Waals surface area contributed by atoms with E-state index in [1.54, 1.807) is 0 Å². The second-order valence-electron chi connectivity index (χ2n) is 3.38. The normalized spacial score (nSPS) is 18.0. The first-order valence-electron chi connectivity index (χ1n) is 4.98. The molecule has 78 valence electrons. The summed E-state index contributed by atoms with van der Waals surface area (Å²) in [5.41, 5.74) is 2.41. The summed E-state index contributed by atoms with van der Waals surface area (Å²) in [6.07, 6.45) is 13.2. The van der Waals surface area contributed by atoms with Gasteiger partial charge in [0.05, 0.1) is 6.61 Å². The zero-order valence-corrected chi connectivity index (χ0v) is 8.43. The van der Waals surface area contributed by atoms with E-state index in [1.807, 2.05) is 12.2 Å². The summed E-state index contributed by atoms with van der Waals surface area (Å²) in [4.78, 5) is 12.2. The third kappa shape index (κ3) is 2.18. The minimum atomic E-state index is 0.443. The van der Waals surface area contributed by atoms with Crippen molar-refractivity contribution in [1.29, 1.82) is 0 Å². The van der Waals surface area contributed by atoms with Crippen LogP contribution >= 0.6 is 0 Å². The first-order chi connectivity index (χ1) is 7.42. The Labute approximate surface area is 89.0 Å². The molecule has 0 aromatic rings. The lowest BCUT2D eigenvalue weighted by Gasteiger charge is -2.27. The van der Waals surface area contributed by atoms with Gasteiger partial charge < -0.3 is 9.64 Å². The zero-order valence-electron chi connectivity index (χ0n) is 8.43. The molecule has 2 aliphatic rings. The lowest BCUT2D eigenvalue weighted by atomic mass is 10.0. The van der Waals surface area contributed by atoms with Crippen molar-refractivity contribution >= 4 is 6.47 Å². The summed E-state index contributed by atoms with van der Waals surface area (Å²) in [6.45, 7) is 1.85. The fraction of sp³-hybridized carbons (Fsp3) is 0.250. The summed E-state index contributed by atoms with van der Waals surface area (Å²) in [5, 5.41) is 0. The van der Waals surface area contributed by atoms with Crippen LogP contribution in [0.5, 0.6) is 0 Å². The van der Waals surface area contributed by atoms with Gasteiger partial charge in [0.15, 0.2) is 0 Å². The lowest BCUT2D eigenvalue weighted by molar-refractivity contribution is -0.128. The van der Waals surface area contributed by atoms with Crippen molar-refractivity contribution < 1.29 is 9.53 Å². The zero-order chi connectivity index (χ0) is 10.5. The van der Waals surface area contributed by atoms with Crippen LogP contribution in [0.25, 0.3) is 0 Å². The minimum Gasteiger partial charge on any atom is -0.468 e. The number of ether oxygens (including phenoxy) is 1. The average molecular weight is 203 g/mol. The smallest absolute Gasteiger partial charge is 0.293 e. The van der Waals surface area contributed by atoms with Crippen molar-refractivity contribution in [1.82, 2.24) is 4.90 Å². The largest absolute Gasteiger partial charge is 0.468 e. The number of hydrogen-bond donors (Lipinski definition) is 0. The van der Waals surface area contributed by atoms with Crippen LogP contribution in [0, 0.1) is 0 Å². The summed E-state index contributed by atoms with van der Waals surface area (Å²) >= 11 is 0. The fourth-order valence-electron chi connectivity index (χ4n) is 1.75. The molecule has 0 N–H and O–H groups in total. The summed E-state index contributed by atoms with van der Waals surface area (Å²) in [5.74, 6) is 0. The highest BCUT2D eigenvalue weighted by Crippen LogP contribution is 2.23. The molecule has 2 heterocycles. The van der Waals surface area contributed by atoms with E-state index >= 15 is 0 Å². The van der Waals surface area contributed by atoms with Crippen LogP contribution in [0.1, 0.15) is 6.42 Å². The standard InChI is InChI=1S/C12H13NO2/c14-10-15-9-6-11-4-3-8-13-7-2-1-5-12(11)13/h1-5,7,10H,6,8-9H2. The Hall–Kier alpha value is -1.77. The molecule has 0 aliphatic carbocycles. The second-order valence-corrected chi connectivity index (χ2v) is 3.38. The Kier molecular flexibility index (Phi) is 3.02. The van der Waals surface area contributed by atoms with Gasteiger partial charge in [0.25, 0.3) is 6.47 Å². The maximum absolute atomic E-state index is 10.0. The lowest BCUT2D eigenvalue weighted by Crippen LogP contribution is -2.21. The molecule has 0 amide bonds. The quantitative estimate of drug-likeness (QED) is 0.515. The highest BCUT2D eigenvalue weighted by Gasteiger charge is 2.13. The molecule has 0 spiro atoms. The van der Waals surface area contributed by atoms with Crippen LogP contribution in [0.15, 0.2) is 47.9 Å². The van der Waals surface area contributed by atoms with Gasteiger partial charge in [0, 0.05) is 24.9 Å². The highest BCUT2D eigenvalue weighted by atomic mass is 16.5. The van der Waals surface area contributed by atoms with Crippen molar-refractivity contribution in [3.8, 4) is 0 Å². The van der Waals surface area contributed by atoms with E-state index in [0.717, 1.165) is 13.0 Å². The molecule has 0 saturated carbocycles. The Morgan fingerprint density at radius 2 is 2.33 bits per heavy atom. The van der Waals surface area contributed by atoms with Crippen molar-refractivity contribution in [2.45, 2.75) is 6.42 Å². The van der Waals surface area contributed by atoms with E-state index in [1.165, 1.54) is 11.3 Å². The van der Waals surface area contributed by atoms with E-state index < -0.39 is 0 Å². The van der Waals surface area contributed by atoms with Gasteiger partial charge in [-0.2, -0.15) is 0 Å². The first kappa shape index (κ1) is 9.77. The number of rotatable bonds is 4. The molecule has 3 heteroatoms. The molecule has 0 radical (unpaired) electrons. The van der Waals surface area contributed by atoms with Crippen molar-refractivity contribution in [3.63, 3.8) is 0 Å². The van der Waals surface area contributed by atoms with Crippen molar-refractivity contribution in [3.05, 3.63) is 47.9 Å². The Morgan fingerprint density at radius 1 is 1.40 bits per heavy atom. The Balaban J connectivity index is 2.10. The molecule has 0 unspecified atom stereocenters. The molecular weight excluding hydrogens is 190 g/mol. The molecule has 0 aromatic heterocycles. The van der Waals surface area contributed by atoms with Crippen LogP contribution in [0.2, 0.25) is 0 Å². The molecule has 0 aromatic carbocycles. The predicted molar refractivity (Wildman–Crippen MR) is 57.8 cm³/mol. The maximum atomic E-state index is 10.0. The topological polar surface area (TPSA) is 29.5 Å². The molecule has 15 heavy (non-hydrogen) atoms. The second kappa shape index (κ2) is 4.64. The average Bonchev–Trinajstić information content (AvgIpc) is 2.30. The van der Waals surface area contributed by atoms with Gasteiger partial charge in [-0.25, -0.2) is 0 Å². The summed E-state index contributed by atoms with van der Waals surface area (Å²) in [7, 11) is 0. The maximum Gasteiger partial charge on any atom is 0.293 e. The molecule has 0 bridgehead atoms. The first-order valence-corrected chi connectivity index (χ1v) is 4.98. The van der Waals surface area contributed by atoms with E-state index in [4.69, 9.17) is 4.74 Å². The summed E-state index contributed by atoms with van der Waals surface area (Å²) < 4.78 is 4.71. The monoisotopic (exact) mass is 203 g/mol. The summed E-state index contributed by atoms with van der Waals surface area (Å²) in [6, 6.07) is 0. The number of carbonyl (C=O) groups excluding carboxylic acids is 1. The Morgan fingerprint density at radius 3 is 3.20 bits per heavy atom. The van der Waals surface area contributed by atoms with E-state index in [9.17, 15) is 4.79 Å². The van der Waals surface area contributed by atoms with Crippen molar-refractivity contribution in [2.24, 2.45) is 0 Å². The van der Waals surface area contributed by atoms with Gasteiger partial charge in [-0.3, -0.25) is 4.79 Å². The third-order valence-electron chi connectivity index (χ3n) is 2.45. The van der Waals surface area contributed by atoms with E-state index in [-0.39, 0.29) is 0 Å². The molecule has 0 atom stereocenters. The molecule has 2 aliphatic heterocycles. The minimum absolute atomic E-state index is 0.443. The van der Waals surface area contributed by atoms with Crippen LogP contribution < -0.4 is 0 Å². The molecular formula is C12H13NO2. The van der Waals surface area contributed by atoms with Crippen LogP contribution in [-0.4, -0.2) is 24.5 Å². The van der Waals surface area contributed by atoms with E-state index in [2.05, 4.69) is 29.3 Å². The molecule has 2 rings (SSSR count). The fourth-order valence-corrected chi connectivity index (χ4v) is 1.75. The SMILES string of the molecule is O=COCCC1=C2C=CC=CN2CC=C1.